The number of rotatable bonds is 3. The second-order valence-corrected chi connectivity index (χ2v) is 7.49. The second kappa shape index (κ2) is 6.57. The van der Waals surface area contributed by atoms with Gasteiger partial charge in [-0.05, 0) is 44.2 Å². The van der Waals surface area contributed by atoms with Crippen molar-refractivity contribution in [1.29, 1.82) is 0 Å². The van der Waals surface area contributed by atoms with Crippen LogP contribution in [0.5, 0.6) is 5.75 Å². The van der Waals surface area contributed by atoms with Gasteiger partial charge in [0.2, 0.25) is 0 Å². The first-order valence-corrected chi connectivity index (χ1v) is 9.35. The van der Waals surface area contributed by atoms with Crippen LogP contribution in [0.4, 0.5) is 0 Å². The molecule has 1 N–H and O–H groups in total. The standard InChI is InChI=1S/C19H18N2O4S/c1-11-5-4-6-13(17(11)23)18(24)25-10-12-9-16(22)21-14-7-2-3-8-15(14)26-19(21)20-12/h4-6,9,23H,2-3,7-8,10H2,1H3. The van der Waals surface area contributed by atoms with Crippen LogP contribution in [0.3, 0.4) is 0 Å². The highest BCUT2D eigenvalue weighted by atomic mass is 32.1. The Kier molecular flexibility index (Phi) is 4.24. The molecule has 6 nitrogen and oxygen atoms in total. The number of aryl methyl sites for hydroxylation is 3. The number of fused-ring (bicyclic) bond motifs is 3. The fraction of sp³-hybridized carbons (Fsp3) is 0.316. The summed E-state index contributed by atoms with van der Waals surface area (Å²) in [4.78, 5) is 31.1. The maximum absolute atomic E-state index is 12.5. The van der Waals surface area contributed by atoms with E-state index < -0.39 is 5.97 Å². The van der Waals surface area contributed by atoms with E-state index in [0.717, 1.165) is 31.4 Å². The van der Waals surface area contributed by atoms with Crippen molar-refractivity contribution in [1.82, 2.24) is 9.38 Å². The molecule has 0 saturated heterocycles. The zero-order valence-electron chi connectivity index (χ0n) is 14.3. The maximum atomic E-state index is 12.5. The number of phenolic OH excluding ortho intramolecular Hbond substituents is 1. The van der Waals surface area contributed by atoms with Gasteiger partial charge in [0.15, 0.2) is 4.96 Å². The fourth-order valence-corrected chi connectivity index (χ4v) is 4.49. The molecule has 0 spiro atoms. The molecule has 2 aromatic heterocycles. The Morgan fingerprint density at radius 1 is 1.35 bits per heavy atom. The van der Waals surface area contributed by atoms with Crippen LogP contribution < -0.4 is 5.56 Å². The summed E-state index contributed by atoms with van der Waals surface area (Å²) in [6, 6.07) is 6.31. The number of hydrogen-bond donors (Lipinski definition) is 1. The van der Waals surface area contributed by atoms with Crippen molar-refractivity contribution in [2.24, 2.45) is 0 Å². The summed E-state index contributed by atoms with van der Waals surface area (Å²) in [6.45, 7) is 1.60. The normalized spacial score (nSPS) is 13.6. The highest BCUT2D eigenvalue weighted by Crippen LogP contribution is 2.28. The van der Waals surface area contributed by atoms with Gasteiger partial charge in [0.05, 0.1) is 5.69 Å². The first kappa shape index (κ1) is 16.8. The number of ether oxygens (including phenoxy) is 1. The van der Waals surface area contributed by atoms with Gasteiger partial charge in [-0.3, -0.25) is 9.20 Å². The number of aromatic nitrogens is 2. The van der Waals surface area contributed by atoms with E-state index in [0.29, 0.717) is 16.2 Å². The molecule has 134 valence electrons. The van der Waals surface area contributed by atoms with Crippen LogP contribution in [-0.4, -0.2) is 20.5 Å². The topological polar surface area (TPSA) is 80.9 Å². The Morgan fingerprint density at radius 2 is 2.15 bits per heavy atom. The molecule has 7 heteroatoms. The van der Waals surface area contributed by atoms with Crippen LogP contribution in [0.1, 0.15) is 45.0 Å². The zero-order valence-corrected chi connectivity index (χ0v) is 15.1. The number of phenols is 1. The molecule has 0 amide bonds. The number of hydrogen-bond acceptors (Lipinski definition) is 6. The lowest BCUT2D eigenvalue weighted by atomic mass is 10.0. The quantitative estimate of drug-likeness (QED) is 0.717. The molecule has 1 aliphatic rings. The molecule has 0 atom stereocenters. The Bertz CT molecular complexity index is 1070. The van der Waals surface area contributed by atoms with E-state index in [1.165, 1.54) is 28.3 Å². The molecule has 0 saturated carbocycles. The van der Waals surface area contributed by atoms with E-state index in [-0.39, 0.29) is 23.5 Å². The Balaban J connectivity index is 1.59. The van der Waals surface area contributed by atoms with Gasteiger partial charge in [-0.1, -0.05) is 12.1 Å². The van der Waals surface area contributed by atoms with Crippen LogP contribution in [0.2, 0.25) is 0 Å². The van der Waals surface area contributed by atoms with E-state index in [1.807, 2.05) is 0 Å². The van der Waals surface area contributed by atoms with Gasteiger partial charge in [0, 0.05) is 16.6 Å². The van der Waals surface area contributed by atoms with Gasteiger partial charge in [-0.2, -0.15) is 0 Å². The van der Waals surface area contributed by atoms with E-state index in [4.69, 9.17) is 4.74 Å². The maximum Gasteiger partial charge on any atom is 0.342 e. The highest BCUT2D eigenvalue weighted by Gasteiger charge is 2.19. The molecule has 2 heterocycles. The summed E-state index contributed by atoms with van der Waals surface area (Å²) >= 11 is 1.53. The van der Waals surface area contributed by atoms with Crippen LogP contribution in [0, 0.1) is 6.92 Å². The van der Waals surface area contributed by atoms with Crippen molar-refractivity contribution >= 4 is 22.3 Å². The molecule has 0 radical (unpaired) electrons. The number of para-hydroxylation sites is 1. The number of thiazole rings is 1. The predicted octanol–water partition coefficient (Wildman–Crippen LogP) is 3.01. The third-order valence-corrected chi connectivity index (χ3v) is 5.77. The first-order valence-electron chi connectivity index (χ1n) is 8.53. The van der Waals surface area contributed by atoms with Crippen molar-refractivity contribution < 1.29 is 14.6 Å². The van der Waals surface area contributed by atoms with Gasteiger partial charge in [-0.25, -0.2) is 9.78 Å². The smallest absolute Gasteiger partial charge is 0.342 e. The molecule has 0 bridgehead atoms. The summed E-state index contributed by atoms with van der Waals surface area (Å²) in [6.07, 6.45) is 4.11. The van der Waals surface area contributed by atoms with Gasteiger partial charge in [-0.15, -0.1) is 11.3 Å². The summed E-state index contributed by atoms with van der Waals surface area (Å²) in [7, 11) is 0. The molecule has 0 fully saturated rings. The van der Waals surface area contributed by atoms with Crippen LogP contribution in [-0.2, 0) is 24.2 Å². The van der Waals surface area contributed by atoms with Crippen LogP contribution in [0.25, 0.3) is 4.96 Å². The summed E-state index contributed by atoms with van der Waals surface area (Å²) < 4.78 is 6.93. The van der Waals surface area contributed by atoms with E-state index >= 15 is 0 Å². The SMILES string of the molecule is Cc1cccc(C(=O)OCc2cc(=O)n3c4c(sc3n2)CCCC4)c1O. The lowest BCUT2D eigenvalue weighted by molar-refractivity contribution is 0.0464. The lowest BCUT2D eigenvalue weighted by Gasteiger charge is -2.10. The van der Waals surface area contributed by atoms with Gasteiger partial charge in [0.25, 0.3) is 5.56 Å². The van der Waals surface area contributed by atoms with Crippen molar-refractivity contribution in [3.8, 4) is 5.75 Å². The first-order chi connectivity index (χ1) is 12.5. The molecule has 0 unspecified atom stereocenters. The molecule has 0 aliphatic heterocycles. The predicted molar refractivity (Wildman–Crippen MR) is 97.9 cm³/mol. The number of carbonyl (C=O) groups excluding carboxylic acids is 1. The lowest BCUT2D eigenvalue weighted by Crippen LogP contribution is -2.18. The molecule has 4 rings (SSSR count). The molecular weight excluding hydrogens is 352 g/mol. The highest BCUT2D eigenvalue weighted by molar-refractivity contribution is 7.17. The number of carbonyl (C=O) groups is 1. The van der Waals surface area contributed by atoms with Crippen molar-refractivity contribution in [3.63, 3.8) is 0 Å². The van der Waals surface area contributed by atoms with Gasteiger partial charge < -0.3 is 9.84 Å². The second-order valence-electron chi connectivity index (χ2n) is 6.43. The Hall–Kier alpha value is -2.67. The number of nitrogens with zero attached hydrogens (tertiary/aromatic N) is 2. The zero-order chi connectivity index (χ0) is 18.3. The summed E-state index contributed by atoms with van der Waals surface area (Å²) in [5.74, 6) is -0.731. The largest absolute Gasteiger partial charge is 0.507 e. The number of aromatic hydroxyl groups is 1. The third-order valence-electron chi connectivity index (χ3n) is 4.62. The van der Waals surface area contributed by atoms with Gasteiger partial charge >= 0.3 is 5.97 Å². The van der Waals surface area contributed by atoms with Crippen LogP contribution in [0.15, 0.2) is 29.1 Å². The summed E-state index contributed by atoms with van der Waals surface area (Å²) in [5.41, 5.74) is 2.05. The van der Waals surface area contributed by atoms with E-state index in [2.05, 4.69) is 4.98 Å². The molecule has 3 aromatic rings. The van der Waals surface area contributed by atoms with Gasteiger partial charge in [0.1, 0.15) is 17.9 Å². The Morgan fingerprint density at radius 3 is 3.00 bits per heavy atom. The molecular formula is C19H18N2O4S. The average Bonchev–Trinajstić information content (AvgIpc) is 3.01. The molecule has 1 aromatic carbocycles. The third kappa shape index (κ3) is 2.88. The van der Waals surface area contributed by atoms with Crippen molar-refractivity contribution in [2.45, 2.75) is 39.2 Å². The fourth-order valence-electron chi connectivity index (χ4n) is 3.26. The molecule has 1 aliphatic carbocycles. The van der Waals surface area contributed by atoms with Crippen molar-refractivity contribution in [3.05, 3.63) is 62.0 Å². The average molecular weight is 370 g/mol. The number of benzene rings is 1. The van der Waals surface area contributed by atoms with Crippen LogP contribution >= 0.6 is 11.3 Å². The summed E-state index contributed by atoms with van der Waals surface area (Å²) in [5, 5.41) is 9.98. The minimum absolute atomic E-state index is 0.0908. The molecule has 26 heavy (non-hydrogen) atoms. The monoisotopic (exact) mass is 370 g/mol. The number of esters is 1. The van der Waals surface area contributed by atoms with E-state index in [9.17, 15) is 14.7 Å². The minimum Gasteiger partial charge on any atom is -0.507 e. The van der Waals surface area contributed by atoms with Crippen molar-refractivity contribution in [2.75, 3.05) is 0 Å². The Labute approximate surface area is 153 Å². The van der Waals surface area contributed by atoms with E-state index in [1.54, 1.807) is 23.5 Å². The minimum atomic E-state index is -0.640.